The number of nitrogens with two attached hydrogens (primary N) is 1. The monoisotopic (exact) mass is 225 g/mol. The summed E-state index contributed by atoms with van der Waals surface area (Å²) in [4.78, 5) is 12.2. The zero-order chi connectivity index (χ0) is 11.8. The van der Waals surface area contributed by atoms with Gasteiger partial charge in [-0.3, -0.25) is 0 Å². The van der Waals surface area contributed by atoms with Crippen molar-refractivity contribution in [2.24, 2.45) is 5.92 Å². The third-order valence-electron chi connectivity index (χ3n) is 2.97. The van der Waals surface area contributed by atoms with Gasteiger partial charge in [0.25, 0.3) is 0 Å². The number of nitrogens with zero attached hydrogens (tertiary/aromatic N) is 4. The van der Waals surface area contributed by atoms with Gasteiger partial charge in [-0.15, -0.1) is 0 Å². The van der Waals surface area contributed by atoms with Crippen LogP contribution in [0, 0.1) is 17.9 Å². The molecule has 0 aliphatic heterocycles. The average Bonchev–Trinajstić information content (AvgIpc) is 2.72. The lowest BCUT2D eigenvalue weighted by atomic mass is 9.81. The van der Waals surface area contributed by atoms with Crippen molar-refractivity contribution >= 4 is 17.0 Å². The highest BCUT2D eigenvalue weighted by molar-refractivity contribution is 5.81. The van der Waals surface area contributed by atoms with Crippen molar-refractivity contribution in [3.63, 3.8) is 0 Å². The lowest BCUT2D eigenvalue weighted by molar-refractivity contribution is 0.552. The van der Waals surface area contributed by atoms with Crippen LogP contribution in [0.25, 0.3) is 11.2 Å². The molecule has 2 N–H and O–H groups in total. The Kier molecular flexibility index (Phi) is 2.08. The molecule has 1 fully saturated rings. The Balaban J connectivity index is 2.01. The minimum absolute atomic E-state index is 0.312. The van der Waals surface area contributed by atoms with Crippen LogP contribution in [0.15, 0.2) is 24.8 Å². The number of nitrogen functional groups attached to an aromatic ring is 1. The molecule has 2 aromatic heterocycles. The average molecular weight is 225 g/mol. The molecule has 2 aromatic rings. The highest BCUT2D eigenvalue weighted by Crippen LogP contribution is 2.30. The molecule has 1 saturated carbocycles. The van der Waals surface area contributed by atoms with E-state index in [0.29, 0.717) is 22.9 Å². The molecule has 0 amide bonds. The van der Waals surface area contributed by atoms with E-state index in [1.54, 1.807) is 10.9 Å². The normalized spacial score (nSPS) is 18.6. The molecule has 0 radical (unpaired) electrons. The van der Waals surface area contributed by atoms with Crippen molar-refractivity contribution in [3.8, 4) is 12.0 Å². The van der Waals surface area contributed by atoms with Crippen molar-refractivity contribution in [2.45, 2.75) is 12.8 Å². The molecule has 84 valence electrons. The third-order valence-corrected chi connectivity index (χ3v) is 2.97. The molecule has 3 rings (SSSR count). The minimum atomic E-state index is 0.312. The number of allylic oxidation sites excluding steroid dienone is 1. The first-order chi connectivity index (χ1) is 8.25. The molecule has 17 heavy (non-hydrogen) atoms. The van der Waals surface area contributed by atoms with Gasteiger partial charge in [0, 0.05) is 12.0 Å². The van der Waals surface area contributed by atoms with Crippen LogP contribution in [0.5, 0.6) is 0 Å². The second kappa shape index (κ2) is 3.59. The van der Waals surface area contributed by atoms with Crippen LogP contribution in [-0.2, 0) is 0 Å². The first-order valence-electron chi connectivity index (χ1n) is 5.38. The number of hydrogen-bond acceptors (Lipinski definition) is 4. The summed E-state index contributed by atoms with van der Waals surface area (Å²) in [5.74, 6) is 3.85. The maximum Gasteiger partial charge on any atom is 0.177 e. The second-order valence-electron chi connectivity index (χ2n) is 4.05. The molecular weight excluding hydrogens is 214 g/mol. The summed E-state index contributed by atoms with van der Waals surface area (Å²) in [5.41, 5.74) is 8.14. The molecule has 0 aromatic carbocycles. The number of aromatic nitrogens is 4. The standard InChI is InChI=1S/C12H11N5/c1-8-2-3-9(8)4-5-17-7-16-10-11(13)14-6-15-12(10)17/h6-7,9H,1-3H2,(H2,13,14,15). The number of imidazole rings is 1. The maximum atomic E-state index is 5.70. The van der Waals surface area contributed by atoms with Crippen molar-refractivity contribution in [3.05, 3.63) is 24.8 Å². The van der Waals surface area contributed by atoms with Gasteiger partial charge in [-0.25, -0.2) is 19.5 Å². The van der Waals surface area contributed by atoms with Gasteiger partial charge in [-0.2, -0.15) is 0 Å². The number of fused-ring (bicyclic) bond motifs is 1. The van der Waals surface area contributed by atoms with Gasteiger partial charge in [0.2, 0.25) is 0 Å². The molecule has 0 bridgehead atoms. The summed E-state index contributed by atoms with van der Waals surface area (Å²) in [5, 5.41) is 0. The summed E-state index contributed by atoms with van der Waals surface area (Å²) in [6.07, 6.45) is 5.21. The van der Waals surface area contributed by atoms with Gasteiger partial charge >= 0.3 is 0 Å². The van der Waals surface area contributed by atoms with Crippen molar-refractivity contribution in [1.82, 2.24) is 19.5 Å². The smallest absolute Gasteiger partial charge is 0.177 e. The van der Waals surface area contributed by atoms with Crippen molar-refractivity contribution in [1.29, 1.82) is 0 Å². The van der Waals surface area contributed by atoms with Gasteiger partial charge in [-0.05, 0) is 12.8 Å². The van der Waals surface area contributed by atoms with E-state index in [0.717, 1.165) is 12.8 Å². The van der Waals surface area contributed by atoms with E-state index in [2.05, 4.69) is 33.5 Å². The van der Waals surface area contributed by atoms with Crippen LogP contribution < -0.4 is 5.73 Å². The van der Waals surface area contributed by atoms with E-state index in [4.69, 9.17) is 5.73 Å². The van der Waals surface area contributed by atoms with Gasteiger partial charge in [-0.1, -0.05) is 18.1 Å². The van der Waals surface area contributed by atoms with Crippen LogP contribution in [0.3, 0.4) is 0 Å². The highest BCUT2D eigenvalue weighted by Gasteiger charge is 2.19. The summed E-state index contributed by atoms with van der Waals surface area (Å²) in [6.45, 7) is 3.95. The van der Waals surface area contributed by atoms with Crippen molar-refractivity contribution in [2.75, 3.05) is 5.73 Å². The van der Waals surface area contributed by atoms with Crippen LogP contribution in [0.1, 0.15) is 12.8 Å². The Morgan fingerprint density at radius 3 is 3.00 bits per heavy atom. The first-order valence-corrected chi connectivity index (χ1v) is 5.38. The summed E-state index contributed by atoms with van der Waals surface area (Å²) in [6, 6.07) is 3.02. The third kappa shape index (κ3) is 1.54. The lowest BCUT2D eigenvalue weighted by Crippen LogP contribution is -2.12. The van der Waals surface area contributed by atoms with Gasteiger partial charge in [0.05, 0.1) is 0 Å². The Bertz CT molecular complexity index is 658. The molecule has 1 unspecified atom stereocenters. The Morgan fingerprint density at radius 1 is 1.41 bits per heavy atom. The fourth-order valence-electron chi connectivity index (χ4n) is 1.75. The molecule has 1 aliphatic carbocycles. The van der Waals surface area contributed by atoms with E-state index in [1.807, 2.05) is 0 Å². The summed E-state index contributed by atoms with van der Waals surface area (Å²) >= 11 is 0. The molecule has 1 aliphatic rings. The van der Waals surface area contributed by atoms with E-state index in [1.165, 1.54) is 11.9 Å². The second-order valence-corrected chi connectivity index (χ2v) is 4.05. The molecule has 1 atom stereocenters. The van der Waals surface area contributed by atoms with E-state index < -0.39 is 0 Å². The maximum absolute atomic E-state index is 5.70. The quantitative estimate of drug-likeness (QED) is 0.540. The fraction of sp³-hybridized carbons (Fsp3) is 0.250. The molecular formula is C12H11N5. The van der Waals surface area contributed by atoms with Crippen molar-refractivity contribution < 1.29 is 0 Å². The Morgan fingerprint density at radius 2 is 2.29 bits per heavy atom. The Labute approximate surface area is 98.4 Å². The molecule has 5 nitrogen and oxygen atoms in total. The predicted molar refractivity (Wildman–Crippen MR) is 64.8 cm³/mol. The fourth-order valence-corrected chi connectivity index (χ4v) is 1.75. The van der Waals surface area contributed by atoms with Gasteiger partial charge < -0.3 is 5.73 Å². The summed E-state index contributed by atoms with van der Waals surface area (Å²) < 4.78 is 1.68. The highest BCUT2D eigenvalue weighted by atomic mass is 15.1. The first kappa shape index (κ1) is 9.85. The predicted octanol–water partition coefficient (Wildman–Crippen LogP) is 1.18. The van der Waals surface area contributed by atoms with E-state index in [9.17, 15) is 0 Å². The molecule has 5 heteroatoms. The van der Waals surface area contributed by atoms with Crippen LogP contribution in [-0.4, -0.2) is 19.5 Å². The topological polar surface area (TPSA) is 69.6 Å². The number of hydrogen-bond donors (Lipinski definition) is 1. The number of rotatable bonds is 0. The van der Waals surface area contributed by atoms with Crippen LogP contribution >= 0.6 is 0 Å². The lowest BCUT2D eigenvalue weighted by Gasteiger charge is -2.22. The van der Waals surface area contributed by atoms with Crippen LogP contribution in [0.4, 0.5) is 5.82 Å². The van der Waals surface area contributed by atoms with E-state index in [-0.39, 0.29) is 0 Å². The SMILES string of the molecule is C=C1CCC1C#Cn1cnc2c(N)ncnc21. The zero-order valence-electron chi connectivity index (χ0n) is 9.22. The van der Waals surface area contributed by atoms with Gasteiger partial charge in [0.1, 0.15) is 12.7 Å². The summed E-state index contributed by atoms with van der Waals surface area (Å²) in [7, 11) is 0. The Hall–Kier alpha value is -2.35. The zero-order valence-corrected chi connectivity index (χ0v) is 9.22. The molecule has 2 heterocycles. The van der Waals surface area contributed by atoms with E-state index >= 15 is 0 Å². The van der Waals surface area contributed by atoms with Crippen LogP contribution in [0.2, 0.25) is 0 Å². The molecule has 0 spiro atoms. The minimum Gasteiger partial charge on any atom is -0.382 e. The van der Waals surface area contributed by atoms with Gasteiger partial charge in [0.15, 0.2) is 17.0 Å². The molecule has 0 saturated heterocycles. The largest absolute Gasteiger partial charge is 0.382 e. The number of anilines is 1.